The average Bonchev–Trinajstić information content (AvgIpc) is 2.91. The van der Waals surface area contributed by atoms with Crippen LogP contribution in [0.4, 0.5) is 5.69 Å². The first-order valence-electron chi connectivity index (χ1n) is 7.30. The fraction of sp³-hybridized carbons (Fsp3) is 0.100. The van der Waals surface area contributed by atoms with Gasteiger partial charge in [0.1, 0.15) is 0 Å². The topological polar surface area (TPSA) is 12.0 Å². The maximum absolute atomic E-state index is 4.14. The summed E-state index contributed by atoms with van der Waals surface area (Å²) in [5.41, 5.74) is 4.47. The Balaban J connectivity index is 1.76. The van der Waals surface area contributed by atoms with Gasteiger partial charge in [-0.25, -0.2) is 0 Å². The molecule has 1 nitrogen and oxygen atoms in total. The molecule has 0 amide bonds. The predicted octanol–water partition coefficient (Wildman–Crippen LogP) is 6.10. The van der Waals surface area contributed by atoms with Crippen molar-refractivity contribution < 1.29 is 0 Å². The molecule has 0 bridgehead atoms. The summed E-state index contributed by atoms with van der Waals surface area (Å²) in [5.74, 6) is 0. The number of anilines is 1. The van der Waals surface area contributed by atoms with E-state index in [0.717, 1.165) is 23.4 Å². The minimum Gasteiger partial charge on any atom is -0.359 e. The molecule has 1 heterocycles. The zero-order chi connectivity index (χ0) is 15.5. The molecular weight excluding hydrogens is 286 g/mol. The minimum atomic E-state index is 0.834. The summed E-state index contributed by atoms with van der Waals surface area (Å²) in [7, 11) is 0. The summed E-state index contributed by atoms with van der Waals surface area (Å²) in [5, 5.41) is 4.68. The Labute approximate surface area is 135 Å². The van der Waals surface area contributed by atoms with E-state index in [1.165, 1.54) is 20.5 Å². The van der Waals surface area contributed by atoms with Gasteiger partial charge in [-0.3, -0.25) is 0 Å². The van der Waals surface area contributed by atoms with E-state index < -0.39 is 0 Å². The van der Waals surface area contributed by atoms with Crippen LogP contribution in [-0.4, -0.2) is 0 Å². The summed E-state index contributed by atoms with van der Waals surface area (Å²) in [4.78, 5) is 1.25. The first kappa shape index (κ1) is 14.6. The van der Waals surface area contributed by atoms with Gasteiger partial charge in [0, 0.05) is 27.4 Å². The maximum atomic E-state index is 4.14. The normalized spacial score (nSPS) is 10.6. The van der Waals surface area contributed by atoms with Gasteiger partial charge in [-0.2, -0.15) is 0 Å². The molecule has 22 heavy (non-hydrogen) atoms. The summed E-state index contributed by atoms with van der Waals surface area (Å²) < 4.78 is 1.27. The van der Waals surface area contributed by atoms with Gasteiger partial charge in [0.25, 0.3) is 0 Å². The lowest BCUT2D eigenvalue weighted by atomic mass is 10.1. The summed E-state index contributed by atoms with van der Waals surface area (Å²) in [6.45, 7) is 10.2. The lowest BCUT2D eigenvalue weighted by Gasteiger charge is -2.09. The Morgan fingerprint density at radius 3 is 2.55 bits per heavy atom. The minimum absolute atomic E-state index is 0.834. The van der Waals surface area contributed by atoms with E-state index in [1.807, 2.05) is 13.0 Å². The van der Waals surface area contributed by atoms with E-state index in [-0.39, 0.29) is 0 Å². The van der Waals surface area contributed by atoms with Crippen molar-refractivity contribution in [2.24, 2.45) is 0 Å². The maximum Gasteiger partial charge on any atom is 0.0396 e. The highest BCUT2D eigenvalue weighted by atomic mass is 32.1. The number of allylic oxidation sites excluding steroid dienone is 2. The molecule has 2 heteroatoms. The SMILES string of the molecule is C=C(Cc1ccccc1)Nc1ccc2cc(C(=C)C)sc2c1. The van der Waals surface area contributed by atoms with Crippen LogP contribution in [0, 0.1) is 0 Å². The van der Waals surface area contributed by atoms with Crippen molar-refractivity contribution in [1.29, 1.82) is 0 Å². The van der Waals surface area contributed by atoms with Crippen molar-refractivity contribution in [3.05, 3.63) is 83.9 Å². The molecule has 0 spiro atoms. The van der Waals surface area contributed by atoms with Gasteiger partial charge >= 0.3 is 0 Å². The zero-order valence-electron chi connectivity index (χ0n) is 12.7. The van der Waals surface area contributed by atoms with Gasteiger partial charge in [0.05, 0.1) is 0 Å². The zero-order valence-corrected chi connectivity index (χ0v) is 13.5. The highest BCUT2D eigenvalue weighted by Crippen LogP contribution is 2.31. The largest absolute Gasteiger partial charge is 0.359 e. The highest BCUT2D eigenvalue weighted by Gasteiger charge is 2.04. The van der Waals surface area contributed by atoms with Crippen LogP contribution in [0.2, 0.25) is 0 Å². The number of rotatable bonds is 5. The average molecular weight is 305 g/mol. The molecule has 0 aliphatic carbocycles. The van der Waals surface area contributed by atoms with E-state index in [1.54, 1.807) is 11.3 Å². The second-order valence-corrected chi connectivity index (χ2v) is 6.62. The molecule has 0 saturated heterocycles. The van der Waals surface area contributed by atoms with Crippen LogP contribution in [0.15, 0.2) is 73.5 Å². The lowest BCUT2D eigenvalue weighted by molar-refractivity contribution is 1.16. The van der Waals surface area contributed by atoms with Crippen LogP contribution in [0.3, 0.4) is 0 Å². The lowest BCUT2D eigenvalue weighted by Crippen LogP contribution is -2.01. The number of thiophene rings is 1. The Morgan fingerprint density at radius 1 is 1.05 bits per heavy atom. The van der Waals surface area contributed by atoms with Gasteiger partial charge in [0.15, 0.2) is 0 Å². The summed E-state index contributed by atoms with van der Waals surface area (Å²) in [6, 6.07) is 19.0. The Bertz CT molecular complexity index is 827. The first-order valence-corrected chi connectivity index (χ1v) is 8.12. The van der Waals surface area contributed by atoms with Gasteiger partial charge in [-0.05, 0) is 41.6 Å². The fourth-order valence-electron chi connectivity index (χ4n) is 2.41. The van der Waals surface area contributed by atoms with Crippen molar-refractivity contribution in [3.63, 3.8) is 0 Å². The van der Waals surface area contributed by atoms with Crippen LogP contribution in [0.1, 0.15) is 17.4 Å². The molecule has 2 aromatic carbocycles. The second-order valence-electron chi connectivity index (χ2n) is 5.53. The molecule has 0 aliphatic heterocycles. The van der Waals surface area contributed by atoms with Crippen LogP contribution in [0.25, 0.3) is 15.7 Å². The van der Waals surface area contributed by atoms with Crippen LogP contribution >= 0.6 is 11.3 Å². The summed E-state index contributed by atoms with van der Waals surface area (Å²) >= 11 is 1.78. The highest BCUT2D eigenvalue weighted by molar-refractivity contribution is 7.20. The number of hydrogen-bond donors (Lipinski definition) is 1. The molecule has 110 valence electrons. The van der Waals surface area contributed by atoms with Gasteiger partial charge in [-0.1, -0.05) is 49.6 Å². The van der Waals surface area contributed by atoms with E-state index in [4.69, 9.17) is 0 Å². The fourth-order valence-corrected chi connectivity index (χ4v) is 3.44. The Morgan fingerprint density at radius 2 is 1.82 bits per heavy atom. The van der Waals surface area contributed by atoms with Crippen molar-refractivity contribution in [1.82, 2.24) is 0 Å². The Hall–Kier alpha value is -2.32. The van der Waals surface area contributed by atoms with Crippen molar-refractivity contribution in [2.45, 2.75) is 13.3 Å². The molecule has 0 saturated carbocycles. The third-order valence-electron chi connectivity index (χ3n) is 3.52. The van der Waals surface area contributed by atoms with Crippen LogP contribution in [0.5, 0.6) is 0 Å². The molecule has 0 radical (unpaired) electrons. The van der Waals surface area contributed by atoms with Crippen molar-refractivity contribution in [3.8, 4) is 0 Å². The van der Waals surface area contributed by atoms with E-state index in [0.29, 0.717) is 0 Å². The van der Waals surface area contributed by atoms with E-state index >= 15 is 0 Å². The third kappa shape index (κ3) is 3.29. The van der Waals surface area contributed by atoms with Gasteiger partial charge < -0.3 is 5.32 Å². The molecule has 1 N–H and O–H groups in total. The van der Waals surface area contributed by atoms with Gasteiger partial charge in [0.2, 0.25) is 0 Å². The third-order valence-corrected chi connectivity index (χ3v) is 4.78. The quantitative estimate of drug-likeness (QED) is 0.600. The molecule has 0 atom stereocenters. The molecule has 3 aromatic rings. The van der Waals surface area contributed by atoms with E-state index in [9.17, 15) is 0 Å². The number of hydrogen-bond acceptors (Lipinski definition) is 2. The smallest absolute Gasteiger partial charge is 0.0396 e. The van der Waals surface area contributed by atoms with Crippen LogP contribution in [-0.2, 0) is 6.42 Å². The summed E-state index contributed by atoms with van der Waals surface area (Å²) in [6.07, 6.45) is 0.834. The number of fused-ring (bicyclic) bond motifs is 1. The van der Waals surface area contributed by atoms with E-state index in [2.05, 4.69) is 67.0 Å². The van der Waals surface area contributed by atoms with Gasteiger partial charge in [-0.15, -0.1) is 11.3 Å². The molecule has 0 fully saturated rings. The molecule has 3 rings (SSSR count). The van der Waals surface area contributed by atoms with Crippen molar-refractivity contribution >= 4 is 32.7 Å². The standard InChI is InChI=1S/C20H19NS/c1-14(2)19-12-17-9-10-18(13-20(17)22-19)21-15(3)11-16-7-5-4-6-8-16/h4-10,12-13,21H,1,3,11H2,2H3. The first-order chi connectivity index (χ1) is 10.6. The van der Waals surface area contributed by atoms with Crippen molar-refractivity contribution in [2.75, 3.05) is 5.32 Å². The van der Waals surface area contributed by atoms with Crippen LogP contribution < -0.4 is 5.32 Å². The molecular formula is C20H19NS. The molecule has 0 aliphatic rings. The molecule has 0 unspecified atom stereocenters. The number of benzene rings is 2. The second kappa shape index (κ2) is 6.20. The monoisotopic (exact) mass is 305 g/mol. The number of nitrogens with one attached hydrogen (secondary N) is 1. The predicted molar refractivity (Wildman–Crippen MR) is 99.4 cm³/mol. The molecule has 1 aromatic heterocycles. The Kier molecular flexibility index (Phi) is 4.12.